The van der Waals surface area contributed by atoms with Crippen molar-refractivity contribution in [2.45, 2.75) is 30.7 Å². The summed E-state index contributed by atoms with van der Waals surface area (Å²) in [5.74, 6) is -1.71. The Bertz CT molecular complexity index is 1290. The molecule has 3 amide bonds. The molecule has 2 aromatic rings. The number of amides is 3. The molecule has 2 aliphatic heterocycles. The van der Waals surface area contributed by atoms with Crippen molar-refractivity contribution in [3.8, 4) is 0 Å². The van der Waals surface area contributed by atoms with Gasteiger partial charge in [0.05, 0.1) is 28.5 Å². The molecular formula is C26H25ClF6N4O3. The molecule has 0 unspecified atom stereocenters. The van der Waals surface area contributed by atoms with Crippen molar-refractivity contribution >= 4 is 35.0 Å². The van der Waals surface area contributed by atoms with Crippen LogP contribution >= 0.6 is 11.6 Å². The van der Waals surface area contributed by atoms with Gasteiger partial charge in [0, 0.05) is 32.7 Å². The summed E-state index contributed by atoms with van der Waals surface area (Å²) in [5, 5.41) is 0.345. The fraction of sp³-hybridized carbons (Fsp3) is 0.423. The molecule has 14 heteroatoms. The second kappa shape index (κ2) is 10.5. The van der Waals surface area contributed by atoms with Crippen LogP contribution in [0.25, 0.3) is 0 Å². The molecule has 0 radical (unpaired) electrons. The lowest BCUT2D eigenvalue weighted by atomic mass is 9.85. The van der Waals surface area contributed by atoms with Gasteiger partial charge in [0.15, 0.2) is 0 Å². The Hall–Kier alpha value is -3.48. The van der Waals surface area contributed by atoms with Crippen LogP contribution in [0.2, 0.25) is 5.02 Å². The zero-order valence-corrected chi connectivity index (χ0v) is 22.2. The molecule has 2 heterocycles. The van der Waals surface area contributed by atoms with Crippen LogP contribution in [0.1, 0.15) is 34.3 Å². The molecule has 4 rings (SSSR count). The SMILES string of the molecule is CN(C)C(=O)CN1CN(c2ccccc2Cl)C2(CCN(C(=O)c3cc(C(F)(F)F)cc(C(F)(F)F)c3)CC2)C1=O. The van der Waals surface area contributed by atoms with E-state index in [0.717, 1.165) is 4.90 Å². The van der Waals surface area contributed by atoms with Crippen molar-refractivity contribution in [1.82, 2.24) is 14.7 Å². The normalized spacial score (nSPS) is 17.5. The number of nitrogens with zero attached hydrogens (tertiary/aromatic N) is 4. The molecule has 0 bridgehead atoms. The van der Waals surface area contributed by atoms with Crippen LogP contribution in [0.4, 0.5) is 32.0 Å². The molecule has 0 N–H and O–H groups in total. The first-order valence-electron chi connectivity index (χ1n) is 12.1. The highest BCUT2D eigenvalue weighted by molar-refractivity contribution is 6.33. The average molecular weight is 591 g/mol. The second-order valence-corrected chi connectivity index (χ2v) is 10.3. The highest BCUT2D eigenvalue weighted by atomic mass is 35.5. The van der Waals surface area contributed by atoms with Gasteiger partial charge in [-0.25, -0.2) is 0 Å². The van der Waals surface area contributed by atoms with E-state index in [1.54, 1.807) is 43.3 Å². The van der Waals surface area contributed by atoms with E-state index in [9.17, 15) is 40.7 Å². The summed E-state index contributed by atoms with van der Waals surface area (Å²) < 4.78 is 79.9. The largest absolute Gasteiger partial charge is 0.416 e. The summed E-state index contributed by atoms with van der Waals surface area (Å²) in [6, 6.07) is 7.51. The van der Waals surface area contributed by atoms with Crippen LogP contribution in [0, 0.1) is 0 Å². The molecule has 1 spiro atoms. The maximum atomic E-state index is 13.7. The number of carbonyl (C=O) groups is 3. The number of likely N-dealkylation sites (N-methyl/N-ethyl adjacent to an activating group) is 1. The van der Waals surface area contributed by atoms with Crippen molar-refractivity contribution in [3.63, 3.8) is 0 Å². The first-order chi connectivity index (χ1) is 18.5. The molecule has 0 saturated carbocycles. The van der Waals surface area contributed by atoms with Gasteiger partial charge >= 0.3 is 12.4 Å². The van der Waals surface area contributed by atoms with Crippen LogP contribution < -0.4 is 4.90 Å². The fourth-order valence-electron chi connectivity index (χ4n) is 5.01. The first kappa shape index (κ1) is 29.5. The quantitative estimate of drug-likeness (QED) is 0.483. The number of piperidine rings is 1. The molecule has 0 aliphatic carbocycles. The topological polar surface area (TPSA) is 64.2 Å². The van der Waals surface area contributed by atoms with Crippen LogP contribution in [-0.4, -0.2) is 78.4 Å². The minimum absolute atomic E-state index is 0.0144. The maximum absolute atomic E-state index is 13.7. The van der Waals surface area contributed by atoms with Crippen LogP contribution in [0.5, 0.6) is 0 Å². The molecule has 2 aromatic carbocycles. The number of carbonyl (C=O) groups excluding carboxylic acids is 3. The van der Waals surface area contributed by atoms with Crippen molar-refractivity contribution in [2.75, 3.05) is 45.3 Å². The number of hydrogen-bond donors (Lipinski definition) is 0. The number of hydrogen-bond acceptors (Lipinski definition) is 4. The molecule has 0 atom stereocenters. The van der Waals surface area contributed by atoms with E-state index in [1.165, 1.54) is 9.80 Å². The summed E-state index contributed by atoms with van der Waals surface area (Å²) in [7, 11) is 3.10. The molecule has 7 nitrogen and oxygen atoms in total. The van der Waals surface area contributed by atoms with Crippen LogP contribution in [0.3, 0.4) is 0 Å². The van der Waals surface area contributed by atoms with E-state index in [0.29, 0.717) is 22.8 Å². The number of para-hydroxylation sites is 1. The third-order valence-corrected chi connectivity index (χ3v) is 7.51. The van der Waals surface area contributed by atoms with E-state index < -0.39 is 40.5 Å². The fourth-order valence-corrected chi connectivity index (χ4v) is 5.25. The first-order valence-corrected chi connectivity index (χ1v) is 12.5. The van der Waals surface area contributed by atoms with Gasteiger partial charge in [-0.15, -0.1) is 0 Å². The minimum Gasteiger partial charge on any atom is -0.347 e. The van der Waals surface area contributed by atoms with Crippen molar-refractivity contribution < 1.29 is 40.7 Å². The lowest BCUT2D eigenvalue weighted by molar-refractivity contribution is -0.143. The van der Waals surface area contributed by atoms with Gasteiger partial charge < -0.3 is 19.6 Å². The zero-order chi connectivity index (χ0) is 29.6. The smallest absolute Gasteiger partial charge is 0.347 e. The summed E-state index contributed by atoms with van der Waals surface area (Å²) in [5.41, 5.74) is -4.63. The van der Waals surface area contributed by atoms with Gasteiger partial charge in [0.1, 0.15) is 12.1 Å². The molecule has 216 valence electrons. The Morgan fingerprint density at radius 2 is 1.50 bits per heavy atom. The van der Waals surface area contributed by atoms with Gasteiger partial charge in [0.2, 0.25) is 5.91 Å². The number of benzene rings is 2. The van der Waals surface area contributed by atoms with Gasteiger partial charge in [-0.1, -0.05) is 23.7 Å². The highest BCUT2D eigenvalue weighted by Gasteiger charge is 2.55. The monoisotopic (exact) mass is 590 g/mol. The lowest BCUT2D eigenvalue weighted by Crippen LogP contribution is -2.57. The van der Waals surface area contributed by atoms with Crippen molar-refractivity contribution in [3.05, 3.63) is 64.2 Å². The minimum atomic E-state index is -5.10. The Morgan fingerprint density at radius 3 is 2.00 bits per heavy atom. The summed E-state index contributed by atoms with van der Waals surface area (Å²) in [4.78, 5) is 44.8. The molecule has 2 aliphatic rings. The third-order valence-electron chi connectivity index (χ3n) is 7.19. The van der Waals surface area contributed by atoms with Gasteiger partial charge in [0.25, 0.3) is 11.8 Å². The van der Waals surface area contributed by atoms with Gasteiger partial charge in [-0.2, -0.15) is 26.3 Å². The van der Waals surface area contributed by atoms with Gasteiger partial charge in [-0.05, 0) is 43.2 Å². The summed E-state index contributed by atoms with van der Waals surface area (Å²) in [6.45, 7) is -0.433. The van der Waals surface area contributed by atoms with Gasteiger partial charge in [-0.3, -0.25) is 14.4 Å². The number of anilines is 1. The Kier molecular flexibility index (Phi) is 7.74. The van der Waals surface area contributed by atoms with Crippen LogP contribution in [-0.2, 0) is 21.9 Å². The molecular weight excluding hydrogens is 566 g/mol. The Labute approximate surface area is 230 Å². The van der Waals surface area contributed by atoms with E-state index in [-0.39, 0.29) is 57.0 Å². The van der Waals surface area contributed by atoms with E-state index in [4.69, 9.17) is 11.6 Å². The number of likely N-dealkylation sites (tertiary alicyclic amines) is 1. The Balaban J connectivity index is 1.63. The van der Waals surface area contributed by atoms with Crippen molar-refractivity contribution in [1.29, 1.82) is 0 Å². The average Bonchev–Trinajstić information content (AvgIpc) is 3.13. The predicted molar refractivity (Wildman–Crippen MR) is 134 cm³/mol. The molecule has 40 heavy (non-hydrogen) atoms. The molecule has 0 aromatic heterocycles. The third kappa shape index (κ3) is 5.56. The molecule has 2 saturated heterocycles. The lowest BCUT2D eigenvalue weighted by Gasteiger charge is -2.43. The van der Waals surface area contributed by atoms with E-state index in [2.05, 4.69) is 0 Å². The summed E-state index contributed by atoms with van der Waals surface area (Å²) in [6.07, 6.45) is -10.2. The predicted octanol–water partition coefficient (Wildman–Crippen LogP) is 4.75. The van der Waals surface area contributed by atoms with E-state index in [1.807, 2.05) is 0 Å². The molecule has 2 fully saturated rings. The summed E-state index contributed by atoms with van der Waals surface area (Å²) >= 11 is 6.43. The number of alkyl halides is 6. The maximum Gasteiger partial charge on any atom is 0.416 e. The van der Waals surface area contributed by atoms with Crippen molar-refractivity contribution in [2.24, 2.45) is 0 Å². The Morgan fingerprint density at radius 1 is 0.950 bits per heavy atom. The number of rotatable bonds is 4. The van der Waals surface area contributed by atoms with E-state index >= 15 is 0 Å². The standard InChI is InChI=1S/C26H25ClF6N4O3/c1-34(2)21(38)14-36-15-37(20-6-4-3-5-19(20)27)24(23(36)40)7-9-35(10-8-24)22(39)16-11-17(25(28,29)30)13-18(12-16)26(31,32)33/h3-6,11-13H,7-10,14-15H2,1-2H3. The number of halogens is 7. The zero-order valence-electron chi connectivity index (χ0n) is 21.4. The van der Waals surface area contributed by atoms with Crippen LogP contribution in [0.15, 0.2) is 42.5 Å². The highest BCUT2D eigenvalue weighted by Crippen LogP contribution is 2.42. The second-order valence-electron chi connectivity index (χ2n) is 9.93.